The Hall–Kier alpha value is -4.00. The van der Waals surface area contributed by atoms with Gasteiger partial charge >= 0.3 is 5.97 Å². The lowest BCUT2D eigenvalue weighted by Crippen LogP contribution is -2.17. The summed E-state index contributed by atoms with van der Waals surface area (Å²) in [5.74, 6) is -1.28. The highest BCUT2D eigenvalue weighted by atomic mass is 16.5. The van der Waals surface area contributed by atoms with Crippen LogP contribution in [-0.2, 0) is 4.74 Å². The smallest absolute Gasteiger partial charge is 0.337 e. The van der Waals surface area contributed by atoms with E-state index in [0.717, 1.165) is 0 Å². The highest BCUT2D eigenvalue weighted by Gasteiger charge is 2.13. The zero-order valence-electron chi connectivity index (χ0n) is 15.0. The van der Waals surface area contributed by atoms with Gasteiger partial charge in [-0.2, -0.15) is 0 Å². The van der Waals surface area contributed by atoms with Gasteiger partial charge in [0.2, 0.25) is 0 Å². The highest BCUT2D eigenvalue weighted by molar-refractivity contribution is 6.07. The Labute approximate surface area is 161 Å². The lowest BCUT2D eigenvalue weighted by molar-refractivity contribution is 0.0600. The number of aromatic nitrogens is 1. The number of nitrogens with one attached hydrogen (secondary N) is 2. The monoisotopic (exact) mass is 375 g/mol. The number of carbonyl (C=O) groups excluding carboxylic acids is 3. The molecule has 28 heavy (non-hydrogen) atoms. The Morgan fingerprint density at radius 3 is 2.11 bits per heavy atom. The second kappa shape index (κ2) is 8.59. The number of rotatable bonds is 5. The van der Waals surface area contributed by atoms with Crippen LogP contribution in [0, 0.1) is 0 Å². The van der Waals surface area contributed by atoms with E-state index in [1.165, 1.54) is 25.4 Å². The van der Waals surface area contributed by atoms with Crippen LogP contribution in [0.1, 0.15) is 31.2 Å². The molecule has 0 atom stereocenters. The van der Waals surface area contributed by atoms with Gasteiger partial charge in [-0.3, -0.25) is 14.6 Å². The second-order valence-corrected chi connectivity index (χ2v) is 5.77. The molecule has 0 aliphatic rings. The first-order chi connectivity index (χ1) is 13.6. The van der Waals surface area contributed by atoms with Crippen molar-refractivity contribution in [3.8, 4) is 0 Å². The fraction of sp³-hybridized carbons (Fsp3) is 0.0476. The molecule has 2 aromatic carbocycles. The van der Waals surface area contributed by atoms with Gasteiger partial charge < -0.3 is 15.4 Å². The summed E-state index contributed by atoms with van der Waals surface area (Å²) in [5.41, 5.74) is 1.92. The van der Waals surface area contributed by atoms with Gasteiger partial charge in [0.1, 0.15) is 5.69 Å². The van der Waals surface area contributed by atoms with Gasteiger partial charge in [0, 0.05) is 23.1 Å². The van der Waals surface area contributed by atoms with Gasteiger partial charge in [-0.05, 0) is 48.5 Å². The van der Waals surface area contributed by atoms with E-state index in [4.69, 9.17) is 0 Å². The Bertz CT molecular complexity index is 1000. The molecular weight excluding hydrogens is 358 g/mol. The Morgan fingerprint density at radius 1 is 0.786 bits per heavy atom. The molecule has 140 valence electrons. The van der Waals surface area contributed by atoms with Crippen molar-refractivity contribution in [2.45, 2.75) is 0 Å². The number of hydrogen-bond donors (Lipinski definition) is 2. The molecule has 0 radical (unpaired) electrons. The largest absolute Gasteiger partial charge is 0.465 e. The van der Waals surface area contributed by atoms with Crippen LogP contribution in [0.4, 0.5) is 11.4 Å². The standard InChI is InChI=1S/C21H17N3O4/c1-28-21(27)14-7-9-17(10-8-14)24-20(26)18-13-15(11-12-22-18)19(25)23-16-5-3-2-4-6-16/h2-13H,1H3,(H,23,25)(H,24,26). The predicted molar refractivity (Wildman–Crippen MR) is 104 cm³/mol. The first-order valence-corrected chi connectivity index (χ1v) is 8.39. The van der Waals surface area contributed by atoms with Crippen molar-refractivity contribution < 1.29 is 19.1 Å². The number of nitrogens with zero attached hydrogens (tertiary/aromatic N) is 1. The first kappa shape index (κ1) is 18.8. The van der Waals surface area contributed by atoms with E-state index in [1.807, 2.05) is 18.2 Å². The molecule has 0 aliphatic carbocycles. The summed E-state index contributed by atoms with van der Waals surface area (Å²) in [4.78, 5) is 40.2. The molecule has 3 aromatic rings. The third-order valence-electron chi connectivity index (χ3n) is 3.85. The van der Waals surface area contributed by atoms with Crippen molar-refractivity contribution in [2.75, 3.05) is 17.7 Å². The minimum atomic E-state index is -0.472. The maximum Gasteiger partial charge on any atom is 0.337 e. The summed E-state index contributed by atoms with van der Waals surface area (Å²) in [6.45, 7) is 0. The molecule has 7 heteroatoms. The van der Waals surface area contributed by atoms with E-state index in [2.05, 4.69) is 20.4 Å². The van der Waals surface area contributed by atoms with Gasteiger partial charge in [-0.1, -0.05) is 18.2 Å². The van der Waals surface area contributed by atoms with Crippen LogP contribution in [0.15, 0.2) is 72.9 Å². The van der Waals surface area contributed by atoms with E-state index in [0.29, 0.717) is 22.5 Å². The molecule has 1 aromatic heterocycles. The summed E-state index contributed by atoms with van der Waals surface area (Å²) in [7, 11) is 1.30. The molecule has 7 nitrogen and oxygen atoms in total. The summed E-state index contributed by atoms with van der Waals surface area (Å²) < 4.78 is 4.63. The summed E-state index contributed by atoms with van der Waals surface area (Å²) in [6.07, 6.45) is 1.40. The molecule has 0 aliphatic heterocycles. The maximum atomic E-state index is 12.4. The number of para-hydroxylation sites is 1. The third-order valence-corrected chi connectivity index (χ3v) is 3.85. The molecule has 1 heterocycles. The molecule has 0 fully saturated rings. The number of benzene rings is 2. The van der Waals surface area contributed by atoms with E-state index in [-0.39, 0.29) is 11.6 Å². The van der Waals surface area contributed by atoms with E-state index in [9.17, 15) is 14.4 Å². The minimum Gasteiger partial charge on any atom is -0.465 e. The van der Waals surface area contributed by atoms with Crippen LogP contribution in [-0.4, -0.2) is 29.9 Å². The molecule has 3 rings (SSSR count). The van der Waals surface area contributed by atoms with Gasteiger partial charge in [0.15, 0.2) is 0 Å². The van der Waals surface area contributed by atoms with Crippen molar-refractivity contribution in [3.05, 3.63) is 89.7 Å². The minimum absolute atomic E-state index is 0.0951. The topological polar surface area (TPSA) is 97.4 Å². The van der Waals surface area contributed by atoms with Crippen LogP contribution in [0.5, 0.6) is 0 Å². The fourth-order valence-corrected chi connectivity index (χ4v) is 2.42. The molecule has 0 saturated carbocycles. The van der Waals surface area contributed by atoms with E-state index < -0.39 is 11.9 Å². The lowest BCUT2D eigenvalue weighted by Gasteiger charge is -2.08. The van der Waals surface area contributed by atoms with Crippen LogP contribution in [0.2, 0.25) is 0 Å². The summed E-state index contributed by atoms with van der Waals surface area (Å²) in [6, 6.07) is 18.2. The Balaban J connectivity index is 1.70. The molecule has 0 saturated heterocycles. The third kappa shape index (κ3) is 4.59. The quantitative estimate of drug-likeness (QED) is 0.667. The summed E-state index contributed by atoms with van der Waals surface area (Å²) >= 11 is 0. The number of hydrogen-bond acceptors (Lipinski definition) is 5. The van der Waals surface area contributed by atoms with Gasteiger partial charge in [0.05, 0.1) is 12.7 Å². The van der Waals surface area contributed by atoms with Crippen molar-refractivity contribution >= 4 is 29.2 Å². The average molecular weight is 375 g/mol. The SMILES string of the molecule is COC(=O)c1ccc(NC(=O)c2cc(C(=O)Nc3ccccc3)ccn2)cc1. The van der Waals surface area contributed by atoms with Crippen molar-refractivity contribution in [2.24, 2.45) is 0 Å². The van der Waals surface area contributed by atoms with Crippen molar-refractivity contribution in [3.63, 3.8) is 0 Å². The normalized spacial score (nSPS) is 10.0. The Morgan fingerprint density at radius 2 is 1.43 bits per heavy atom. The first-order valence-electron chi connectivity index (χ1n) is 8.39. The zero-order chi connectivity index (χ0) is 19.9. The highest BCUT2D eigenvalue weighted by Crippen LogP contribution is 2.13. The fourth-order valence-electron chi connectivity index (χ4n) is 2.42. The number of methoxy groups -OCH3 is 1. The molecule has 2 N–H and O–H groups in total. The molecule has 0 spiro atoms. The van der Waals surface area contributed by atoms with Crippen LogP contribution in [0.25, 0.3) is 0 Å². The van der Waals surface area contributed by atoms with E-state index in [1.54, 1.807) is 36.4 Å². The number of ether oxygens (including phenoxy) is 1. The Kier molecular flexibility index (Phi) is 5.76. The zero-order valence-corrected chi connectivity index (χ0v) is 15.0. The van der Waals surface area contributed by atoms with E-state index >= 15 is 0 Å². The second-order valence-electron chi connectivity index (χ2n) is 5.77. The summed E-state index contributed by atoms with van der Waals surface area (Å²) in [5, 5.41) is 5.43. The molecule has 0 unspecified atom stereocenters. The predicted octanol–water partition coefficient (Wildman–Crippen LogP) is 3.37. The van der Waals surface area contributed by atoms with Crippen LogP contribution in [0.3, 0.4) is 0 Å². The molecule has 2 amide bonds. The maximum absolute atomic E-state index is 12.4. The number of amides is 2. The van der Waals surface area contributed by atoms with Crippen LogP contribution >= 0.6 is 0 Å². The number of anilines is 2. The van der Waals surface area contributed by atoms with Gasteiger partial charge in [-0.15, -0.1) is 0 Å². The molecule has 0 bridgehead atoms. The average Bonchev–Trinajstić information content (AvgIpc) is 2.74. The number of carbonyl (C=O) groups is 3. The molecular formula is C21H17N3O4. The van der Waals surface area contributed by atoms with Crippen molar-refractivity contribution in [1.82, 2.24) is 4.98 Å². The number of pyridine rings is 1. The van der Waals surface area contributed by atoms with Gasteiger partial charge in [-0.25, -0.2) is 4.79 Å². The lowest BCUT2D eigenvalue weighted by atomic mass is 10.2. The van der Waals surface area contributed by atoms with Gasteiger partial charge in [0.25, 0.3) is 11.8 Å². The number of esters is 1. The van der Waals surface area contributed by atoms with Crippen molar-refractivity contribution in [1.29, 1.82) is 0 Å². The van der Waals surface area contributed by atoms with Crippen LogP contribution < -0.4 is 10.6 Å².